The van der Waals surface area contributed by atoms with Crippen LogP contribution >= 0.6 is 0 Å². The first-order valence-electron chi connectivity index (χ1n) is 6.99. The Morgan fingerprint density at radius 1 is 1.17 bits per heavy atom. The lowest BCUT2D eigenvalue weighted by molar-refractivity contribution is -0.146. The van der Waals surface area contributed by atoms with E-state index in [9.17, 15) is 9.59 Å². The quantitative estimate of drug-likeness (QED) is 0.846. The van der Waals surface area contributed by atoms with Crippen molar-refractivity contribution in [3.63, 3.8) is 0 Å². The van der Waals surface area contributed by atoms with Gasteiger partial charge >= 0.3 is 5.97 Å². The summed E-state index contributed by atoms with van der Waals surface area (Å²) in [5.41, 5.74) is -0.293. The molecule has 0 atom stereocenters. The van der Waals surface area contributed by atoms with E-state index in [0.29, 0.717) is 5.75 Å². The van der Waals surface area contributed by atoms with Gasteiger partial charge in [0, 0.05) is 0 Å². The van der Waals surface area contributed by atoms with Crippen molar-refractivity contribution in [2.24, 2.45) is 0 Å². The van der Waals surface area contributed by atoms with Gasteiger partial charge in [-0.1, -0.05) is 18.2 Å². The molecule has 7 heteroatoms. The summed E-state index contributed by atoms with van der Waals surface area (Å²) in [6.07, 6.45) is 1.61. The molecule has 122 valence electrons. The fourth-order valence-corrected chi connectivity index (χ4v) is 2.03. The van der Waals surface area contributed by atoms with Crippen LogP contribution in [-0.4, -0.2) is 41.4 Å². The molecule has 0 aliphatic heterocycles. The van der Waals surface area contributed by atoms with Crippen molar-refractivity contribution in [2.75, 3.05) is 14.2 Å². The SMILES string of the molecule is COC(=O)C(C)(C)NC(=O)c1nn(-c2ccccc2)cc1OC. The number of para-hydroxylation sites is 1. The number of rotatable bonds is 5. The van der Waals surface area contributed by atoms with Gasteiger partial charge in [-0.15, -0.1) is 0 Å². The number of hydrogen-bond acceptors (Lipinski definition) is 5. The third-order valence-corrected chi connectivity index (χ3v) is 3.26. The Hall–Kier alpha value is -2.83. The maximum Gasteiger partial charge on any atom is 0.330 e. The largest absolute Gasteiger partial charge is 0.493 e. The zero-order valence-corrected chi connectivity index (χ0v) is 13.5. The number of carbonyl (C=O) groups is 2. The van der Waals surface area contributed by atoms with Crippen molar-refractivity contribution < 1.29 is 19.1 Å². The minimum atomic E-state index is -1.17. The van der Waals surface area contributed by atoms with E-state index >= 15 is 0 Å². The van der Waals surface area contributed by atoms with Crippen LogP contribution in [0.5, 0.6) is 5.75 Å². The van der Waals surface area contributed by atoms with Crippen molar-refractivity contribution in [1.29, 1.82) is 0 Å². The molecule has 0 aliphatic rings. The van der Waals surface area contributed by atoms with Gasteiger partial charge in [0.05, 0.1) is 26.1 Å². The highest BCUT2D eigenvalue weighted by Gasteiger charge is 2.32. The standard InChI is InChI=1S/C16H19N3O4/c1-16(2,15(21)23-4)17-14(20)13-12(22-3)10-19(18-13)11-8-6-5-7-9-11/h5-10H,1-4H3,(H,17,20). The lowest BCUT2D eigenvalue weighted by Gasteiger charge is -2.22. The topological polar surface area (TPSA) is 82.5 Å². The van der Waals surface area contributed by atoms with E-state index in [1.807, 2.05) is 30.3 Å². The Labute approximate surface area is 134 Å². The van der Waals surface area contributed by atoms with Crippen LogP contribution < -0.4 is 10.1 Å². The molecule has 2 aromatic rings. The van der Waals surface area contributed by atoms with Crippen LogP contribution in [0.2, 0.25) is 0 Å². The molecule has 0 saturated carbocycles. The van der Waals surface area contributed by atoms with Gasteiger partial charge in [-0.05, 0) is 26.0 Å². The third kappa shape index (κ3) is 3.50. The summed E-state index contributed by atoms with van der Waals surface area (Å²) in [4.78, 5) is 24.1. The number of methoxy groups -OCH3 is 2. The summed E-state index contributed by atoms with van der Waals surface area (Å²) in [6, 6.07) is 9.32. The second-order valence-corrected chi connectivity index (χ2v) is 5.40. The molecule has 0 aliphatic carbocycles. The number of aromatic nitrogens is 2. The molecule has 23 heavy (non-hydrogen) atoms. The lowest BCUT2D eigenvalue weighted by atomic mass is 10.1. The average Bonchev–Trinajstić information content (AvgIpc) is 2.99. The second kappa shape index (κ2) is 6.51. The molecule has 0 radical (unpaired) electrons. The molecule has 2 rings (SSSR count). The van der Waals surface area contributed by atoms with Gasteiger partial charge in [0.1, 0.15) is 5.54 Å². The molecule has 0 bridgehead atoms. The van der Waals surface area contributed by atoms with Crippen LogP contribution in [0.25, 0.3) is 5.69 Å². The van der Waals surface area contributed by atoms with Gasteiger partial charge < -0.3 is 14.8 Å². The van der Waals surface area contributed by atoms with Crippen LogP contribution in [0, 0.1) is 0 Å². The Bertz CT molecular complexity index is 707. The van der Waals surface area contributed by atoms with Gasteiger partial charge in [-0.25, -0.2) is 9.48 Å². The summed E-state index contributed by atoms with van der Waals surface area (Å²) in [5, 5.41) is 6.84. The van der Waals surface area contributed by atoms with E-state index in [1.54, 1.807) is 24.7 Å². The molecular formula is C16H19N3O4. The number of nitrogens with one attached hydrogen (secondary N) is 1. The fraction of sp³-hybridized carbons (Fsp3) is 0.312. The zero-order valence-electron chi connectivity index (χ0n) is 13.5. The molecule has 0 spiro atoms. The van der Waals surface area contributed by atoms with Crippen molar-refractivity contribution in [1.82, 2.24) is 15.1 Å². The number of carbonyl (C=O) groups excluding carboxylic acids is 2. The minimum Gasteiger partial charge on any atom is -0.493 e. The van der Waals surface area contributed by atoms with Crippen LogP contribution in [0.1, 0.15) is 24.3 Å². The van der Waals surface area contributed by atoms with Crippen molar-refractivity contribution in [3.05, 3.63) is 42.2 Å². The summed E-state index contributed by atoms with van der Waals surface area (Å²) < 4.78 is 11.4. The molecule has 0 saturated heterocycles. The molecule has 0 unspecified atom stereocenters. The smallest absolute Gasteiger partial charge is 0.330 e. The van der Waals surface area contributed by atoms with E-state index in [1.165, 1.54) is 14.2 Å². The maximum absolute atomic E-state index is 12.4. The number of nitrogens with zero attached hydrogens (tertiary/aromatic N) is 2. The Kier molecular flexibility index (Phi) is 4.68. The van der Waals surface area contributed by atoms with E-state index in [-0.39, 0.29) is 5.69 Å². The van der Waals surface area contributed by atoms with Crippen LogP contribution in [0.15, 0.2) is 36.5 Å². The van der Waals surface area contributed by atoms with Gasteiger partial charge in [0.2, 0.25) is 0 Å². The molecular weight excluding hydrogens is 298 g/mol. The second-order valence-electron chi connectivity index (χ2n) is 5.40. The Balaban J connectivity index is 2.30. The van der Waals surface area contributed by atoms with Crippen molar-refractivity contribution in [3.8, 4) is 11.4 Å². The van der Waals surface area contributed by atoms with Crippen LogP contribution in [0.4, 0.5) is 0 Å². The van der Waals surface area contributed by atoms with Gasteiger partial charge in [-0.2, -0.15) is 5.10 Å². The number of amides is 1. The van der Waals surface area contributed by atoms with Crippen molar-refractivity contribution >= 4 is 11.9 Å². The van der Waals surface area contributed by atoms with E-state index in [0.717, 1.165) is 5.69 Å². The van der Waals surface area contributed by atoms with E-state index in [2.05, 4.69) is 15.2 Å². The normalized spacial score (nSPS) is 11.0. The van der Waals surface area contributed by atoms with Crippen LogP contribution in [0.3, 0.4) is 0 Å². The monoisotopic (exact) mass is 317 g/mol. The van der Waals surface area contributed by atoms with E-state index < -0.39 is 17.4 Å². The first-order chi connectivity index (χ1) is 10.9. The van der Waals surface area contributed by atoms with Gasteiger partial charge in [0.15, 0.2) is 11.4 Å². The number of ether oxygens (including phenoxy) is 2. The molecule has 7 nitrogen and oxygen atoms in total. The molecule has 1 aromatic heterocycles. The minimum absolute atomic E-state index is 0.0910. The third-order valence-electron chi connectivity index (χ3n) is 3.26. The summed E-state index contributed by atoms with van der Waals surface area (Å²) in [7, 11) is 2.72. The highest BCUT2D eigenvalue weighted by atomic mass is 16.5. The molecule has 1 heterocycles. The highest BCUT2D eigenvalue weighted by molar-refractivity contribution is 5.98. The predicted octanol–water partition coefficient (Wildman–Crippen LogP) is 1.56. The first-order valence-corrected chi connectivity index (χ1v) is 6.99. The molecule has 1 amide bonds. The molecule has 0 fully saturated rings. The lowest BCUT2D eigenvalue weighted by Crippen LogP contribution is -2.50. The number of benzene rings is 1. The zero-order chi connectivity index (χ0) is 17.0. The summed E-state index contributed by atoms with van der Waals surface area (Å²) in [6.45, 7) is 3.11. The van der Waals surface area contributed by atoms with Gasteiger partial charge in [0.25, 0.3) is 5.91 Å². The molecule has 1 aromatic carbocycles. The number of hydrogen-bond donors (Lipinski definition) is 1. The highest BCUT2D eigenvalue weighted by Crippen LogP contribution is 2.20. The summed E-state index contributed by atoms with van der Waals surface area (Å²) >= 11 is 0. The number of esters is 1. The Morgan fingerprint density at radius 3 is 2.39 bits per heavy atom. The van der Waals surface area contributed by atoms with E-state index in [4.69, 9.17) is 4.74 Å². The maximum atomic E-state index is 12.4. The first kappa shape index (κ1) is 16.5. The fourth-order valence-electron chi connectivity index (χ4n) is 2.03. The molecule has 1 N–H and O–H groups in total. The Morgan fingerprint density at radius 2 is 1.83 bits per heavy atom. The van der Waals surface area contributed by atoms with Crippen molar-refractivity contribution in [2.45, 2.75) is 19.4 Å². The average molecular weight is 317 g/mol. The predicted molar refractivity (Wildman–Crippen MR) is 83.7 cm³/mol. The summed E-state index contributed by atoms with van der Waals surface area (Å²) in [5.74, 6) is -0.758. The van der Waals surface area contributed by atoms with Crippen LogP contribution in [-0.2, 0) is 9.53 Å². The van der Waals surface area contributed by atoms with Gasteiger partial charge in [-0.3, -0.25) is 4.79 Å².